The molecule has 0 N–H and O–H groups in total. The maximum Gasteiger partial charge on any atom is 0.127 e. The van der Waals surface area contributed by atoms with E-state index >= 15 is 0 Å². The second-order valence-electron chi connectivity index (χ2n) is 16.7. The van der Waals surface area contributed by atoms with Gasteiger partial charge in [0.1, 0.15) is 11.9 Å². The van der Waals surface area contributed by atoms with Crippen molar-refractivity contribution in [2.24, 2.45) is 0 Å². The van der Waals surface area contributed by atoms with Crippen LogP contribution in [0.4, 0.5) is 0 Å². The molecule has 1 aliphatic heterocycles. The molecule has 284 valence electrons. The molecule has 13 rings (SSSR count). The fourth-order valence-electron chi connectivity index (χ4n) is 10.3. The standard InChI is InChI=1S/C60H38O/c1-5-13-53-37(9-1)31-38-10-2-6-14-54(38)59(53)47-23-27-51-43(35-47)19-17-41-33-45(21-25-49(41)51)57-29-30-58(61-57)46-22-26-50-42(34-46)18-20-44-36-48(24-28-52(44)50)60-55-15-7-3-11-39(55)32-40-12-4-8-16-56(40)60/h1-29,31-36,58H,30H2. The molecule has 0 aromatic heterocycles. The van der Waals surface area contributed by atoms with Gasteiger partial charge in [-0.2, -0.15) is 0 Å². The smallest absolute Gasteiger partial charge is 0.127 e. The summed E-state index contributed by atoms with van der Waals surface area (Å²) < 4.78 is 6.74. The summed E-state index contributed by atoms with van der Waals surface area (Å²) >= 11 is 0. The molecule has 0 bridgehead atoms. The Morgan fingerprint density at radius 2 is 0.656 bits per heavy atom. The monoisotopic (exact) mass is 774 g/mol. The van der Waals surface area contributed by atoms with Gasteiger partial charge < -0.3 is 4.74 Å². The molecule has 1 heteroatoms. The minimum atomic E-state index is -0.0204. The molecule has 0 saturated heterocycles. The summed E-state index contributed by atoms with van der Waals surface area (Å²) in [5, 5.41) is 20.2. The van der Waals surface area contributed by atoms with Crippen molar-refractivity contribution in [2.45, 2.75) is 12.5 Å². The average Bonchev–Trinajstić information content (AvgIpc) is 3.82. The van der Waals surface area contributed by atoms with Crippen molar-refractivity contribution >= 4 is 91.9 Å². The largest absolute Gasteiger partial charge is 0.485 e. The number of ether oxygens (including phenoxy) is 1. The SMILES string of the molecule is C1=C(c2ccc3c(ccc4cc(-c5c6ccccc6cc6ccccc56)ccc43)c2)OC(c2ccc3c(ccc4cc(-c5c6ccccc6cc6ccccc56)ccc43)c2)C1. The quantitative estimate of drug-likeness (QED) is 0.128. The van der Waals surface area contributed by atoms with E-state index in [0.29, 0.717) is 0 Å². The van der Waals surface area contributed by atoms with Gasteiger partial charge in [-0.3, -0.25) is 0 Å². The van der Waals surface area contributed by atoms with Crippen molar-refractivity contribution < 1.29 is 4.74 Å². The normalized spacial score (nSPS) is 14.2. The van der Waals surface area contributed by atoms with Crippen molar-refractivity contribution in [3.63, 3.8) is 0 Å². The highest BCUT2D eigenvalue weighted by Gasteiger charge is 2.22. The summed E-state index contributed by atoms with van der Waals surface area (Å²) in [6.45, 7) is 0. The van der Waals surface area contributed by atoms with Gasteiger partial charge in [0.15, 0.2) is 0 Å². The topological polar surface area (TPSA) is 9.23 Å². The minimum absolute atomic E-state index is 0.0204. The zero-order chi connectivity index (χ0) is 40.0. The fourth-order valence-corrected chi connectivity index (χ4v) is 10.3. The van der Waals surface area contributed by atoms with Gasteiger partial charge in [0, 0.05) is 12.0 Å². The van der Waals surface area contributed by atoms with Crippen LogP contribution in [0.25, 0.3) is 114 Å². The first-order valence-electron chi connectivity index (χ1n) is 21.3. The van der Waals surface area contributed by atoms with Crippen molar-refractivity contribution in [1.29, 1.82) is 0 Å². The minimum Gasteiger partial charge on any atom is -0.485 e. The second-order valence-corrected chi connectivity index (χ2v) is 16.7. The van der Waals surface area contributed by atoms with Gasteiger partial charge in [0.2, 0.25) is 0 Å². The van der Waals surface area contributed by atoms with E-state index in [4.69, 9.17) is 4.74 Å². The second kappa shape index (κ2) is 13.4. The van der Waals surface area contributed by atoms with Crippen molar-refractivity contribution in [2.75, 3.05) is 0 Å². The van der Waals surface area contributed by atoms with Crippen molar-refractivity contribution in [3.8, 4) is 22.3 Å². The molecule has 1 heterocycles. The molecule has 0 fully saturated rings. The zero-order valence-corrected chi connectivity index (χ0v) is 33.4. The third kappa shape index (κ3) is 5.48. The van der Waals surface area contributed by atoms with Gasteiger partial charge >= 0.3 is 0 Å². The maximum absolute atomic E-state index is 6.74. The average molecular weight is 775 g/mol. The highest BCUT2D eigenvalue weighted by atomic mass is 16.5. The Labute approximate surface area is 353 Å². The first kappa shape index (κ1) is 34.2. The lowest BCUT2D eigenvalue weighted by Crippen LogP contribution is -1.97. The molecule has 12 aromatic rings. The van der Waals surface area contributed by atoms with Crippen LogP contribution in [0.1, 0.15) is 23.7 Å². The highest BCUT2D eigenvalue weighted by Crippen LogP contribution is 2.43. The maximum atomic E-state index is 6.74. The summed E-state index contributed by atoms with van der Waals surface area (Å²) in [5.74, 6) is 0.956. The number of fused-ring (bicyclic) bond motifs is 10. The van der Waals surface area contributed by atoms with E-state index in [1.165, 1.54) is 114 Å². The van der Waals surface area contributed by atoms with Crippen LogP contribution in [-0.2, 0) is 4.74 Å². The molecule has 0 radical (unpaired) electrons. The lowest BCUT2D eigenvalue weighted by Gasteiger charge is -2.16. The molecule has 0 spiro atoms. The van der Waals surface area contributed by atoms with Gasteiger partial charge in [0.25, 0.3) is 0 Å². The van der Waals surface area contributed by atoms with Crippen LogP contribution < -0.4 is 0 Å². The number of benzene rings is 12. The van der Waals surface area contributed by atoms with Gasteiger partial charge in [-0.15, -0.1) is 0 Å². The summed E-state index contributed by atoms with van der Waals surface area (Å²) in [5.41, 5.74) is 7.41. The Morgan fingerprint density at radius 3 is 1.11 bits per heavy atom. The Bertz CT molecular complexity index is 3720. The Kier molecular flexibility index (Phi) is 7.50. The molecule has 1 atom stereocenters. The van der Waals surface area contributed by atoms with E-state index < -0.39 is 0 Å². The molecule has 0 saturated carbocycles. The van der Waals surface area contributed by atoms with E-state index in [0.717, 1.165) is 17.7 Å². The van der Waals surface area contributed by atoms with Gasteiger partial charge in [-0.1, -0.05) is 170 Å². The molecular formula is C60H38O. The first-order chi connectivity index (χ1) is 30.2. The van der Waals surface area contributed by atoms with Crippen LogP contribution in [0.2, 0.25) is 0 Å². The van der Waals surface area contributed by atoms with E-state index in [9.17, 15) is 0 Å². The third-order valence-corrected chi connectivity index (χ3v) is 13.3. The van der Waals surface area contributed by atoms with Gasteiger partial charge in [-0.25, -0.2) is 0 Å². The molecule has 0 amide bonds. The molecule has 61 heavy (non-hydrogen) atoms. The summed E-state index contributed by atoms with van der Waals surface area (Å²) in [7, 11) is 0. The summed E-state index contributed by atoms with van der Waals surface area (Å²) in [4.78, 5) is 0. The lowest BCUT2D eigenvalue weighted by molar-refractivity contribution is 0.195. The van der Waals surface area contributed by atoms with E-state index in [1.54, 1.807) is 0 Å². The molecular weight excluding hydrogens is 737 g/mol. The molecule has 0 aliphatic carbocycles. The van der Waals surface area contributed by atoms with Crippen LogP contribution >= 0.6 is 0 Å². The molecule has 1 nitrogen and oxygen atoms in total. The zero-order valence-electron chi connectivity index (χ0n) is 33.4. The predicted molar refractivity (Wildman–Crippen MR) is 260 cm³/mol. The molecule has 1 unspecified atom stereocenters. The van der Waals surface area contributed by atoms with Crippen LogP contribution in [-0.4, -0.2) is 0 Å². The highest BCUT2D eigenvalue weighted by molar-refractivity contribution is 6.17. The van der Waals surface area contributed by atoms with Crippen LogP contribution in [0.3, 0.4) is 0 Å². The summed E-state index contributed by atoms with van der Waals surface area (Å²) in [6.07, 6.45) is 3.09. The van der Waals surface area contributed by atoms with E-state index in [-0.39, 0.29) is 6.10 Å². The van der Waals surface area contributed by atoms with Crippen LogP contribution in [0.15, 0.2) is 212 Å². The van der Waals surface area contributed by atoms with Crippen molar-refractivity contribution in [3.05, 3.63) is 223 Å². The van der Waals surface area contributed by atoms with Crippen molar-refractivity contribution in [1.82, 2.24) is 0 Å². The Hall–Kier alpha value is -7.74. The van der Waals surface area contributed by atoms with Crippen LogP contribution in [0, 0.1) is 0 Å². The molecule has 1 aliphatic rings. The fraction of sp³-hybridized carbons (Fsp3) is 0.0333. The number of hydrogen-bond donors (Lipinski definition) is 0. The molecule has 12 aromatic carbocycles. The van der Waals surface area contributed by atoms with E-state index in [1.807, 2.05) is 0 Å². The Balaban J connectivity index is 0.792. The van der Waals surface area contributed by atoms with Crippen LogP contribution in [0.5, 0.6) is 0 Å². The number of rotatable bonds is 4. The first-order valence-corrected chi connectivity index (χ1v) is 21.3. The number of hydrogen-bond acceptors (Lipinski definition) is 1. The third-order valence-electron chi connectivity index (χ3n) is 13.3. The lowest BCUT2D eigenvalue weighted by atomic mass is 9.90. The van der Waals surface area contributed by atoms with E-state index in [2.05, 4.69) is 212 Å². The summed E-state index contributed by atoms with van der Waals surface area (Å²) in [6, 6.07) is 76.3. The Morgan fingerprint density at radius 1 is 0.295 bits per heavy atom. The van der Waals surface area contributed by atoms with Gasteiger partial charge in [0.05, 0.1) is 0 Å². The van der Waals surface area contributed by atoms with Gasteiger partial charge in [-0.05, 0) is 156 Å². The predicted octanol–water partition coefficient (Wildman–Crippen LogP) is 16.7.